The van der Waals surface area contributed by atoms with E-state index in [1.54, 1.807) is 13.2 Å². The molecule has 1 heterocycles. The summed E-state index contributed by atoms with van der Waals surface area (Å²) in [5.74, 6) is -1.86. The van der Waals surface area contributed by atoms with Crippen LogP contribution in [0.15, 0.2) is 12.4 Å². The van der Waals surface area contributed by atoms with Crippen molar-refractivity contribution in [1.82, 2.24) is 14.7 Å². The molecule has 0 spiro atoms. The van der Waals surface area contributed by atoms with E-state index in [2.05, 4.69) is 5.10 Å². The van der Waals surface area contributed by atoms with Gasteiger partial charge in [0.25, 0.3) is 0 Å². The molecule has 0 atom stereocenters. The van der Waals surface area contributed by atoms with E-state index in [0.717, 1.165) is 7.05 Å². The highest BCUT2D eigenvalue weighted by molar-refractivity contribution is 5.81. The molecule has 0 aromatic carbocycles. The summed E-state index contributed by atoms with van der Waals surface area (Å²) in [4.78, 5) is 11.4. The first-order chi connectivity index (χ1) is 6.80. The Morgan fingerprint density at radius 3 is 2.60 bits per heavy atom. The predicted octanol–water partition coefficient (Wildman–Crippen LogP) is 0.941. The van der Waals surface area contributed by atoms with E-state index in [-0.39, 0.29) is 6.54 Å². The average molecular weight is 221 g/mol. The van der Waals surface area contributed by atoms with Crippen LogP contribution in [-0.4, -0.2) is 33.8 Å². The van der Waals surface area contributed by atoms with Gasteiger partial charge in [0.1, 0.15) is 0 Å². The molecule has 0 saturated carbocycles. The highest BCUT2D eigenvalue weighted by Gasteiger charge is 2.41. The van der Waals surface area contributed by atoms with Gasteiger partial charge in [0.15, 0.2) is 0 Å². The minimum atomic E-state index is -4.82. The fourth-order valence-electron chi connectivity index (χ4n) is 1.12. The molecule has 15 heavy (non-hydrogen) atoms. The number of aromatic nitrogens is 2. The van der Waals surface area contributed by atoms with Crippen molar-refractivity contribution in [2.45, 2.75) is 12.7 Å². The third kappa shape index (κ3) is 2.97. The molecule has 0 aliphatic heterocycles. The van der Waals surface area contributed by atoms with Gasteiger partial charge in [-0.15, -0.1) is 0 Å². The molecule has 1 aromatic heterocycles. The Balaban J connectivity index is 2.64. The van der Waals surface area contributed by atoms with E-state index in [4.69, 9.17) is 0 Å². The van der Waals surface area contributed by atoms with Crippen molar-refractivity contribution in [3.05, 3.63) is 18.0 Å². The molecule has 1 aromatic rings. The second-order valence-corrected chi connectivity index (χ2v) is 3.18. The number of halogens is 3. The SMILES string of the molecule is CN(Cc1cnn(C)c1)C(=O)C(F)(F)F. The molecule has 0 bridgehead atoms. The first kappa shape index (κ1) is 11.5. The van der Waals surface area contributed by atoms with Crippen LogP contribution < -0.4 is 0 Å². The maximum Gasteiger partial charge on any atom is 0.471 e. The van der Waals surface area contributed by atoms with Crippen LogP contribution in [0.4, 0.5) is 13.2 Å². The molecule has 0 saturated heterocycles. The average Bonchev–Trinajstić information content (AvgIpc) is 2.48. The molecule has 4 nitrogen and oxygen atoms in total. The van der Waals surface area contributed by atoms with Gasteiger partial charge in [-0.1, -0.05) is 0 Å². The second-order valence-electron chi connectivity index (χ2n) is 3.18. The molecule has 1 rings (SSSR count). The van der Waals surface area contributed by atoms with Crippen LogP contribution in [0.25, 0.3) is 0 Å². The predicted molar refractivity (Wildman–Crippen MR) is 45.7 cm³/mol. The maximum absolute atomic E-state index is 12.0. The monoisotopic (exact) mass is 221 g/mol. The summed E-state index contributed by atoms with van der Waals surface area (Å²) >= 11 is 0. The highest BCUT2D eigenvalue weighted by Crippen LogP contribution is 2.18. The molecule has 0 unspecified atom stereocenters. The topological polar surface area (TPSA) is 38.1 Å². The summed E-state index contributed by atoms with van der Waals surface area (Å²) in [5.41, 5.74) is 0.553. The van der Waals surface area contributed by atoms with Gasteiger partial charge in [-0.3, -0.25) is 9.48 Å². The van der Waals surface area contributed by atoms with Crippen LogP contribution >= 0.6 is 0 Å². The van der Waals surface area contributed by atoms with Crippen LogP contribution in [0.1, 0.15) is 5.56 Å². The van der Waals surface area contributed by atoms with Gasteiger partial charge in [-0.05, 0) is 0 Å². The van der Waals surface area contributed by atoms with Gasteiger partial charge in [-0.2, -0.15) is 18.3 Å². The van der Waals surface area contributed by atoms with E-state index >= 15 is 0 Å². The Hall–Kier alpha value is -1.53. The minimum Gasteiger partial charge on any atom is -0.334 e. The summed E-state index contributed by atoms with van der Waals surface area (Å²) in [7, 11) is 2.75. The summed E-state index contributed by atoms with van der Waals surface area (Å²) < 4.78 is 37.4. The molecule has 84 valence electrons. The quantitative estimate of drug-likeness (QED) is 0.745. The Morgan fingerprint density at radius 2 is 2.20 bits per heavy atom. The van der Waals surface area contributed by atoms with Gasteiger partial charge in [0.05, 0.1) is 6.20 Å². The Labute approximate surface area is 84.3 Å². The van der Waals surface area contributed by atoms with Crippen LogP contribution in [0.2, 0.25) is 0 Å². The fraction of sp³-hybridized carbons (Fsp3) is 0.500. The van der Waals surface area contributed by atoms with E-state index in [9.17, 15) is 18.0 Å². The number of carbonyl (C=O) groups excluding carboxylic acids is 1. The van der Waals surface area contributed by atoms with Gasteiger partial charge < -0.3 is 4.90 Å². The first-order valence-corrected chi connectivity index (χ1v) is 4.10. The van der Waals surface area contributed by atoms with Crippen molar-refractivity contribution in [3.8, 4) is 0 Å². The minimum absolute atomic E-state index is 0.105. The van der Waals surface area contributed by atoms with E-state index < -0.39 is 12.1 Å². The fourth-order valence-corrected chi connectivity index (χ4v) is 1.12. The number of hydrogen-bond donors (Lipinski definition) is 0. The number of hydrogen-bond acceptors (Lipinski definition) is 2. The van der Waals surface area contributed by atoms with Crippen molar-refractivity contribution in [3.63, 3.8) is 0 Å². The summed E-state index contributed by atoms with van der Waals surface area (Å²) in [6, 6.07) is 0. The third-order valence-corrected chi connectivity index (χ3v) is 1.77. The number of rotatable bonds is 2. The number of carbonyl (C=O) groups is 1. The zero-order valence-corrected chi connectivity index (χ0v) is 8.25. The Bertz CT molecular complexity index is 358. The second kappa shape index (κ2) is 3.92. The van der Waals surface area contributed by atoms with Gasteiger partial charge in [-0.25, -0.2) is 0 Å². The maximum atomic E-state index is 12.0. The molecule has 0 aliphatic rings. The van der Waals surface area contributed by atoms with Crippen molar-refractivity contribution in [2.75, 3.05) is 7.05 Å². The van der Waals surface area contributed by atoms with Gasteiger partial charge in [0, 0.05) is 32.4 Å². The van der Waals surface area contributed by atoms with Crippen LogP contribution in [-0.2, 0) is 18.4 Å². The molecule has 7 heteroatoms. The van der Waals surface area contributed by atoms with Crippen molar-refractivity contribution >= 4 is 5.91 Å². The van der Waals surface area contributed by atoms with Crippen LogP contribution in [0.5, 0.6) is 0 Å². The molecule has 1 amide bonds. The lowest BCUT2D eigenvalue weighted by Crippen LogP contribution is -2.37. The van der Waals surface area contributed by atoms with Gasteiger partial charge in [0.2, 0.25) is 0 Å². The zero-order chi connectivity index (χ0) is 11.6. The standard InChI is InChI=1S/C8H10F3N3O/c1-13(7(15)8(9,10)11)4-6-3-12-14(2)5-6/h3,5H,4H2,1-2H3. The van der Waals surface area contributed by atoms with E-state index in [1.165, 1.54) is 10.9 Å². The van der Waals surface area contributed by atoms with Crippen LogP contribution in [0.3, 0.4) is 0 Å². The lowest BCUT2D eigenvalue weighted by atomic mass is 10.3. The van der Waals surface area contributed by atoms with Gasteiger partial charge >= 0.3 is 12.1 Å². The van der Waals surface area contributed by atoms with Crippen molar-refractivity contribution < 1.29 is 18.0 Å². The summed E-state index contributed by atoms with van der Waals surface area (Å²) in [6.07, 6.45) is -1.85. The molecular weight excluding hydrogens is 211 g/mol. The normalized spacial score (nSPS) is 11.5. The summed E-state index contributed by atoms with van der Waals surface area (Å²) in [6.45, 7) is -0.105. The number of amides is 1. The van der Waals surface area contributed by atoms with E-state index in [1.807, 2.05) is 0 Å². The first-order valence-electron chi connectivity index (χ1n) is 4.10. The van der Waals surface area contributed by atoms with Crippen molar-refractivity contribution in [1.29, 1.82) is 0 Å². The lowest BCUT2D eigenvalue weighted by molar-refractivity contribution is -0.184. The zero-order valence-electron chi connectivity index (χ0n) is 8.25. The Morgan fingerprint density at radius 1 is 1.60 bits per heavy atom. The molecule has 0 aliphatic carbocycles. The number of nitrogens with zero attached hydrogens (tertiary/aromatic N) is 3. The molecular formula is C8H10F3N3O. The molecule has 0 radical (unpaired) electrons. The number of aryl methyl sites for hydroxylation is 1. The van der Waals surface area contributed by atoms with E-state index in [0.29, 0.717) is 10.5 Å². The number of alkyl halides is 3. The molecule has 0 fully saturated rings. The smallest absolute Gasteiger partial charge is 0.334 e. The molecule has 0 N–H and O–H groups in total. The Kier molecular flexibility index (Phi) is 3.01. The van der Waals surface area contributed by atoms with Crippen LogP contribution in [0, 0.1) is 0 Å². The lowest BCUT2D eigenvalue weighted by Gasteiger charge is -2.17. The highest BCUT2D eigenvalue weighted by atomic mass is 19.4. The third-order valence-electron chi connectivity index (χ3n) is 1.77. The largest absolute Gasteiger partial charge is 0.471 e. The summed E-state index contributed by atoms with van der Waals surface area (Å²) in [5, 5.41) is 3.79. The van der Waals surface area contributed by atoms with Crippen molar-refractivity contribution in [2.24, 2.45) is 7.05 Å².